The van der Waals surface area contributed by atoms with Crippen molar-refractivity contribution < 1.29 is 9.53 Å². The maximum Gasteiger partial charge on any atom is 0.182 e. The lowest BCUT2D eigenvalue weighted by molar-refractivity contribution is 0.0972. The Kier molecular flexibility index (Phi) is 4.87. The van der Waals surface area contributed by atoms with Crippen molar-refractivity contribution in [3.8, 4) is 5.75 Å². The third-order valence-corrected chi connectivity index (χ3v) is 3.14. The number of aryl methyl sites for hydroxylation is 2. The summed E-state index contributed by atoms with van der Waals surface area (Å²) in [5.41, 5.74) is 1.72. The fourth-order valence-corrected chi connectivity index (χ4v) is 2.03. The molecule has 0 amide bonds. The van der Waals surface area contributed by atoms with Crippen LogP contribution in [0.4, 0.5) is 0 Å². The average molecular weight is 273 g/mol. The summed E-state index contributed by atoms with van der Waals surface area (Å²) >= 11 is 0. The average Bonchev–Trinajstić information content (AvgIpc) is 2.94. The first-order valence-corrected chi connectivity index (χ1v) is 6.79. The summed E-state index contributed by atoms with van der Waals surface area (Å²) in [4.78, 5) is 12.2. The molecule has 0 atom stereocenters. The van der Waals surface area contributed by atoms with Crippen LogP contribution in [-0.4, -0.2) is 27.9 Å². The van der Waals surface area contributed by atoms with Gasteiger partial charge in [0.15, 0.2) is 5.78 Å². The minimum Gasteiger partial charge on any atom is -0.497 e. The fraction of sp³-hybridized carbons (Fsp3) is 0.400. The number of Topliss-reactive ketones (excluding diaryl/α,β-unsaturated/α-hetero) is 1. The first kappa shape index (κ1) is 14.2. The molecule has 0 saturated heterocycles. The lowest BCUT2D eigenvalue weighted by atomic mass is 10.1. The maximum absolute atomic E-state index is 12.2. The number of hydrogen-bond acceptors (Lipinski definition) is 4. The van der Waals surface area contributed by atoms with Gasteiger partial charge >= 0.3 is 0 Å². The van der Waals surface area contributed by atoms with Crippen molar-refractivity contribution in [2.45, 2.75) is 32.7 Å². The Morgan fingerprint density at radius 3 is 2.70 bits per heavy atom. The molecule has 0 fully saturated rings. The van der Waals surface area contributed by atoms with Gasteiger partial charge in [0.25, 0.3) is 0 Å². The molecular weight excluding hydrogens is 254 g/mol. The van der Waals surface area contributed by atoms with E-state index in [2.05, 4.69) is 10.3 Å². The predicted octanol–water partition coefficient (Wildman–Crippen LogP) is 2.51. The lowest BCUT2D eigenvalue weighted by Gasteiger charge is -2.05. The number of nitrogens with zero attached hydrogens (tertiary/aromatic N) is 3. The minimum atomic E-state index is 0.0827. The molecule has 1 heterocycles. The molecule has 0 bridgehead atoms. The molecule has 0 N–H and O–H groups in total. The number of rotatable bonds is 7. The van der Waals surface area contributed by atoms with Crippen LogP contribution in [0.5, 0.6) is 5.75 Å². The van der Waals surface area contributed by atoms with Gasteiger partial charge in [-0.05, 0) is 30.5 Å². The molecule has 0 spiro atoms. The van der Waals surface area contributed by atoms with Crippen molar-refractivity contribution in [3.63, 3.8) is 0 Å². The Morgan fingerprint density at radius 2 is 2.05 bits per heavy atom. The van der Waals surface area contributed by atoms with Crippen LogP contribution in [0, 0.1) is 0 Å². The Balaban J connectivity index is 1.95. The third kappa shape index (κ3) is 3.44. The molecule has 5 heteroatoms. The SMILES string of the molecule is CCCn1nncc1C(=O)CCc1ccc(OC)cc1. The molecule has 20 heavy (non-hydrogen) atoms. The second kappa shape index (κ2) is 6.84. The number of hydrogen-bond donors (Lipinski definition) is 0. The summed E-state index contributed by atoms with van der Waals surface area (Å²) in [6.45, 7) is 2.77. The molecule has 0 aliphatic rings. The number of methoxy groups -OCH3 is 1. The molecule has 0 unspecified atom stereocenters. The highest BCUT2D eigenvalue weighted by Crippen LogP contribution is 2.13. The van der Waals surface area contributed by atoms with Gasteiger partial charge in [-0.1, -0.05) is 24.3 Å². The molecule has 0 aliphatic carbocycles. The zero-order chi connectivity index (χ0) is 14.4. The van der Waals surface area contributed by atoms with Gasteiger partial charge in [0.05, 0.1) is 13.3 Å². The highest BCUT2D eigenvalue weighted by Gasteiger charge is 2.12. The third-order valence-electron chi connectivity index (χ3n) is 3.14. The lowest BCUT2D eigenvalue weighted by Crippen LogP contribution is -2.11. The Labute approximate surface area is 118 Å². The molecule has 106 valence electrons. The van der Waals surface area contributed by atoms with E-state index in [4.69, 9.17) is 4.74 Å². The van der Waals surface area contributed by atoms with Crippen molar-refractivity contribution in [1.29, 1.82) is 0 Å². The molecular formula is C15H19N3O2. The monoisotopic (exact) mass is 273 g/mol. The zero-order valence-electron chi connectivity index (χ0n) is 11.9. The van der Waals surface area contributed by atoms with Crippen LogP contribution in [-0.2, 0) is 13.0 Å². The summed E-state index contributed by atoms with van der Waals surface area (Å²) in [6, 6.07) is 7.77. The van der Waals surface area contributed by atoms with Crippen molar-refractivity contribution in [3.05, 3.63) is 41.7 Å². The van der Waals surface area contributed by atoms with Crippen LogP contribution >= 0.6 is 0 Å². The molecule has 1 aromatic heterocycles. The first-order valence-electron chi connectivity index (χ1n) is 6.79. The minimum absolute atomic E-state index is 0.0827. The normalized spacial score (nSPS) is 10.5. The molecule has 1 aromatic carbocycles. The van der Waals surface area contributed by atoms with Crippen molar-refractivity contribution in [2.75, 3.05) is 7.11 Å². The van der Waals surface area contributed by atoms with Gasteiger partial charge in [-0.25, -0.2) is 4.68 Å². The van der Waals surface area contributed by atoms with Crippen LogP contribution < -0.4 is 4.74 Å². The summed E-state index contributed by atoms with van der Waals surface area (Å²) in [5, 5.41) is 7.75. The molecule has 0 saturated carbocycles. The Hall–Kier alpha value is -2.17. The van der Waals surface area contributed by atoms with E-state index < -0.39 is 0 Å². The van der Waals surface area contributed by atoms with Gasteiger partial charge in [-0.3, -0.25) is 4.79 Å². The Bertz CT molecular complexity index is 561. The second-order valence-corrected chi connectivity index (χ2v) is 4.61. The van der Waals surface area contributed by atoms with Gasteiger partial charge in [-0.15, -0.1) is 5.10 Å². The smallest absolute Gasteiger partial charge is 0.182 e. The number of benzene rings is 1. The van der Waals surface area contributed by atoms with E-state index in [-0.39, 0.29) is 5.78 Å². The van der Waals surface area contributed by atoms with Crippen LogP contribution in [0.3, 0.4) is 0 Å². The number of carbonyl (C=O) groups excluding carboxylic acids is 1. The van der Waals surface area contributed by atoms with E-state index in [1.54, 1.807) is 18.0 Å². The molecule has 5 nitrogen and oxygen atoms in total. The summed E-state index contributed by atoms with van der Waals surface area (Å²) in [6.07, 6.45) is 3.65. The number of aromatic nitrogens is 3. The zero-order valence-corrected chi connectivity index (χ0v) is 11.9. The van der Waals surface area contributed by atoms with Gasteiger partial charge in [0.1, 0.15) is 11.4 Å². The standard InChI is InChI=1S/C15H19N3O2/c1-3-10-18-14(11-16-17-18)15(19)9-6-12-4-7-13(20-2)8-5-12/h4-5,7-8,11H,3,6,9-10H2,1-2H3. The maximum atomic E-state index is 12.2. The van der Waals surface area contributed by atoms with E-state index in [1.165, 1.54) is 0 Å². The summed E-state index contributed by atoms with van der Waals surface area (Å²) < 4.78 is 6.79. The van der Waals surface area contributed by atoms with Crippen molar-refractivity contribution in [2.24, 2.45) is 0 Å². The van der Waals surface area contributed by atoms with Crippen LogP contribution in [0.2, 0.25) is 0 Å². The second-order valence-electron chi connectivity index (χ2n) is 4.61. The molecule has 2 aromatic rings. The van der Waals surface area contributed by atoms with Crippen LogP contribution in [0.15, 0.2) is 30.5 Å². The predicted molar refractivity (Wildman–Crippen MR) is 76.0 cm³/mol. The highest BCUT2D eigenvalue weighted by molar-refractivity contribution is 5.94. The van der Waals surface area contributed by atoms with E-state index >= 15 is 0 Å². The van der Waals surface area contributed by atoms with E-state index in [9.17, 15) is 4.79 Å². The van der Waals surface area contributed by atoms with Crippen LogP contribution in [0.1, 0.15) is 35.8 Å². The Morgan fingerprint density at radius 1 is 1.30 bits per heavy atom. The van der Waals surface area contributed by atoms with Gasteiger partial charge in [0.2, 0.25) is 0 Å². The van der Waals surface area contributed by atoms with E-state index in [0.29, 0.717) is 18.5 Å². The van der Waals surface area contributed by atoms with Gasteiger partial charge < -0.3 is 4.74 Å². The fourth-order valence-electron chi connectivity index (χ4n) is 2.03. The quantitative estimate of drug-likeness (QED) is 0.727. The van der Waals surface area contributed by atoms with E-state index in [0.717, 1.165) is 24.3 Å². The van der Waals surface area contributed by atoms with Gasteiger partial charge in [-0.2, -0.15) is 0 Å². The topological polar surface area (TPSA) is 57.0 Å². The summed E-state index contributed by atoms with van der Waals surface area (Å²) in [7, 11) is 1.64. The molecule has 0 aliphatic heterocycles. The number of carbonyl (C=O) groups is 1. The summed E-state index contributed by atoms with van der Waals surface area (Å²) in [5.74, 6) is 0.907. The molecule has 2 rings (SSSR count). The van der Waals surface area contributed by atoms with Crippen molar-refractivity contribution in [1.82, 2.24) is 15.0 Å². The van der Waals surface area contributed by atoms with Crippen molar-refractivity contribution >= 4 is 5.78 Å². The number of ether oxygens (including phenoxy) is 1. The highest BCUT2D eigenvalue weighted by atomic mass is 16.5. The molecule has 0 radical (unpaired) electrons. The van der Waals surface area contributed by atoms with Gasteiger partial charge in [0, 0.05) is 13.0 Å². The first-order chi connectivity index (χ1) is 9.74. The van der Waals surface area contributed by atoms with E-state index in [1.807, 2.05) is 31.2 Å². The number of ketones is 1. The largest absolute Gasteiger partial charge is 0.497 e. The van der Waals surface area contributed by atoms with Crippen LogP contribution in [0.25, 0.3) is 0 Å².